The van der Waals surface area contributed by atoms with Gasteiger partial charge in [-0.25, -0.2) is 0 Å². The lowest BCUT2D eigenvalue weighted by Gasteiger charge is -2.19. The normalized spacial score (nSPS) is 14.4. The van der Waals surface area contributed by atoms with Crippen molar-refractivity contribution in [3.63, 3.8) is 0 Å². The summed E-state index contributed by atoms with van der Waals surface area (Å²) in [5.41, 5.74) is 4.41. The van der Waals surface area contributed by atoms with Crippen LogP contribution in [0.25, 0.3) is 11.6 Å². The highest BCUT2D eigenvalue weighted by molar-refractivity contribution is 9.10. The first-order valence-corrected chi connectivity index (χ1v) is 11.9. The van der Waals surface area contributed by atoms with Crippen molar-refractivity contribution < 1.29 is 9.53 Å². The van der Waals surface area contributed by atoms with Crippen molar-refractivity contribution in [1.29, 1.82) is 0 Å². The highest BCUT2D eigenvalue weighted by atomic mass is 79.9. The van der Waals surface area contributed by atoms with E-state index in [-0.39, 0.29) is 5.91 Å². The zero-order valence-corrected chi connectivity index (χ0v) is 20.8. The molecule has 0 aliphatic carbocycles. The van der Waals surface area contributed by atoms with Crippen LogP contribution in [-0.2, 0) is 11.4 Å². The molecule has 1 heterocycles. The minimum Gasteiger partial charge on any atom is -0.488 e. The molecule has 3 aromatic rings. The van der Waals surface area contributed by atoms with Gasteiger partial charge in [-0.1, -0.05) is 67.4 Å². The summed E-state index contributed by atoms with van der Waals surface area (Å²) in [6.07, 6.45) is 1.94. The lowest BCUT2D eigenvalue weighted by atomic mass is 10.0. The highest BCUT2D eigenvalue weighted by Gasteiger charge is 2.32. The van der Waals surface area contributed by atoms with Crippen LogP contribution in [0.5, 0.6) is 5.75 Å². The molecule has 0 bridgehead atoms. The van der Waals surface area contributed by atoms with E-state index in [0.29, 0.717) is 40.4 Å². The SMILES string of the molecule is CC(C)CN1C(=O)/C(=C\c2ccc(OCc3ccc(Cl)cc3Cl)c(Br)c2)c2ccccc21. The summed E-state index contributed by atoms with van der Waals surface area (Å²) in [5, 5.41) is 1.16. The molecule has 6 heteroatoms. The smallest absolute Gasteiger partial charge is 0.259 e. The lowest BCUT2D eigenvalue weighted by molar-refractivity contribution is -0.113. The van der Waals surface area contributed by atoms with Gasteiger partial charge in [-0.3, -0.25) is 4.79 Å². The van der Waals surface area contributed by atoms with Crippen molar-refractivity contribution in [2.24, 2.45) is 5.92 Å². The minimum atomic E-state index is 0.0359. The Morgan fingerprint density at radius 2 is 1.84 bits per heavy atom. The van der Waals surface area contributed by atoms with Gasteiger partial charge in [0.15, 0.2) is 0 Å². The van der Waals surface area contributed by atoms with Crippen LogP contribution >= 0.6 is 39.1 Å². The number of hydrogen-bond acceptors (Lipinski definition) is 2. The molecule has 0 saturated carbocycles. The molecular formula is C26H22BrCl2NO2. The lowest BCUT2D eigenvalue weighted by Crippen LogP contribution is -2.30. The molecule has 0 N–H and O–H groups in total. The number of anilines is 1. The summed E-state index contributed by atoms with van der Waals surface area (Å²) >= 11 is 15.8. The quantitative estimate of drug-likeness (QED) is 0.303. The van der Waals surface area contributed by atoms with Crippen molar-refractivity contribution >= 4 is 62.4 Å². The van der Waals surface area contributed by atoms with E-state index in [9.17, 15) is 4.79 Å². The molecule has 1 amide bonds. The molecule has 164 valence electrons. The van der Waals surface area contributed by atoms with Gasteiger partial charge in [0.25, 0.3) is 5.91 Å². The molecule has 3 nitrogen and oxygen atoms in total. The van der Waals surface area contributed by atoms with Gasteiger partial charge in [-0.05, 0) is 63.8 Å². The predicted molar refractivity (Wildman–Crippen MR) is 136 cm³/mol. The largest absolute Gasteiger partial charge is 0.488 e. The number of carbonyl (C=O) groups is 1. The Balaban J connectivity index is 1.57. The van der Waals surface area contributed by atoms with E-state index in [0.717, 1.165) is 26.9 Å². The van der Waals surface area contributed by atoms with E-state index in [2.05, 4.69) is 29.8 Å². The van der Waals surface area contributed by atoms with E-state index < -0.39 is 0 Å². The van der Waals surface area contributed by atoms with E-state index in [1.165, 1.54) is 0 Å². The van der Waals surface area contributed by atoms with Gasteiger partial charge in [-0.2, -0.15) is 0 Å². The van der Waals surface area contributed by atoms with Crippen LogP contribution < -0.4 is 9.64 Å². The summed E-state index contributed by atoms with van der Waals surface area (Å²) in [6.45, 7) is 5.25. The molecule has 32 heavy (non-hydrogen) atoms. The number of rotatable bonds is 6. The first kappa shape index (κ1) is 22.9. The Kier molecular flexibility index (Phi) is 6.94. The first-order chi connectivity index (χ1) is 15.3. The van der Waals surface area contributed by atoms with Crippen molar-refractivity contribution in [2.75, 3.05) is 11.4 Å². The van der Waals surface area contributed by atoms with Gasteiger partial charge in [0.1, 0.15) is 12.4 Å². The fraction of sp³-hybridized carbons (Fsp3) is 0.192. The predicted octanol–water partition coefficient (Wildman–Crippen LogP) is 7.88. The Labute approximate surface area is 206 Å². The monoisotopic (exact) mass is 529 g/mol. The second-order valence-corrected chi connectivity index (χ2v) is 9.80. The van der Waals surface area contributed by atoms with Crippen LogP contribution in [0.1, 0.15) is 30.5 Å². The number of ether oxygens (including phenoxy) is 1. The summed E-state index contributed by atoms with van der Waals surface area (Å²) in [4.78, 5) is 15.0. The van der Waals surface area contributed by atoms with Crippen LogP contribution in [-0.4, -0.2) is 12.5 Å². The molecule has 0 saturated heterocycles. The third kappa shape index (κ3) is 4.88. The molecule has 0 spiro atoms. The molecule has 1 aliphatic heterocycles. The molecule has 3 aromatic carbocycles. The van der Waals surface area contributed by atoms with Gasteiger partial charge in [0.2, 0.25) is 0 Å². The van der Waals surface area contributed by atoms with Gasteiger partial charge >= 0.3 is 0 Å². The molecule has 0 atom stereocenters. The molecule has 1 aliphatic rings. The zero-order valence-electron chi connectivity index (χ0n) is 17.7. The fourth-order valence-corrected chi connectivity index (χ4v) is 4.65. The van der Waals surface area contributed by atoms with E-state index >= 15 is 0 Å². The van der Waals surface area contributed by atoms with Crippen LogP contribution in [0.4, 0.5) is 5.69 Å². The van der Waals surface area contributed by atoms with Crippen LogP contribution in [0, 0.1) is 5.92 Å². The average Bonchev–Trinajstić information content (AvgIpc) is 3.00. The van der Waals surface area contributed by atoms with Crippen molar-refractivity contribution in [3.8, 4) is 5.75 Å². The van der Waals surface area contributed by atoms with Gasteiger partial charge < -0.3 is 9.64 Å². The summed E-state index contributed by atoms with van der Waals surface area (Å²) in [5.74, 6) is 1.11. The number of carbonyl (C=O) groups excluding carboxylic acids is 1. The Hall–Kier alpha value is -2.27. The molecule has 4 rings (SSSR count). The van der Waals surface area contributed by atoms with E-state index in [1.807, 2.05) is 59.5 Å². The number of fused-ring (bicyclic) bond motifs is 1. The maximum atomic E-state index is 13.2. The Morgan fingerprint density at radius 1 is 1.06 bits per heavy atom. The van der Waals surface area contributed by atoms with Crippen LogP contribution in [0.3, 0.4) is 0 Å². The second kappa shape index (κ2) is 9.70. The maximum Gasteiger partial charge on any atom is 0.259 e. The molecule has 0 unspecified atom stereocenters. The van der Waals surface area contributed by atoms with Crippen molar-refractivity contribution in [3.05, 3.63) is 91.9 Å². The van der Waals surface area contributed by atoms with Crippen LogP contribution in [0.15, 0.2) is 65.1 Å². The average molecular weight is 531 g/mol. The Morgan fingerprint density at radius 3 is 2.56 bits per heavy atom. The number of amides is 1. The number of benzene rings is 3. The van der Waals surface area contributed by atoms with Crippen molar-refractivity contribution in [2.45, 2.75) is 20.5 Å². The van der Waals surface area contributed by atoms with Gasteiger partial charge in [-0.15, -0.1) is 0 Å². The zero-order chi connectivity index (χ0) is 22.8. The third-order valence-corrected chi connectivity index (χ3v) is 6.38. The highest BCUT2D eigenvalue weighted by Crippen LogP contribution is 2.38. The van der Waals surface area contributed by atoms with E-state index in [1.54, 1.807) is 12.1 Å². The van der Waals surface area contributed by atoms with Crippen molar-refractivity contribution in [1.82, 2.24) is 0 Å². The van der Waals surface area contributed by atoms with E-state index in [4.69, 9.17) is 27.9 Å². The second-order valence-electron chi connectivity index (χ2n) is 8.10. The minimum absolute atomic E-state index is 0.0359. The molecule has 0 radical (unpaired) electrons. The number of hydrogen-bond donors (Lipinski definition) is 0. The standard InChI is InChI=1S/C26H22BrCl2NO2/c1-16(2)14-30-24-6-4-3-5-20(24)21(26(30)31)11-17-7-10-25(22(27)12-17)32-15-18-8-9-19(28)13-23(18)29/h3-13,16H,14-15H2,1-2H3/b21-11-. The van der Waals surface area contributed by atoms with Gasteiger partial charge in [0, 0.05) is 33.3 Å². The third-order valence-electron chi connectivity index (χ3n) is 5.17. The summed E-state index contributed by atoms with van der Waals surface area (Å²) in [6, 6.07) is 19.1. The maximum absolute atomic E-state index is 13.2. The van der Waals surface area contributed by atoms with Gasteiger partial charge in [0.05, 0.1) is 10.2 Å². The first-order valence-electron chi connectivity index (χ1n) is 10.3. The molecule has 0 fully saturated rings. The van der Waals surface area contributed by atoms with Crippen LogP contribution in [0.2, 0.25) is 10.0 Å². The molecule has 0 aromatic heterocycles. The number of nitrogens with zero attached hydrogens (tertiary/aromatic N) is 1. The Bertz CT molecular complexity index is 1210. The summed E-state index contributed by atoms with van der Waals surface area (Å²) < 4.78 is 6.74. The fourth-order valence-electron chi connectivity index (χ4n) is 3.68. The summed E-state index contributed by atoms with van der Waals surface area (Å²) in [7, 11) is 0. The molecular weight excluding hydrogens is 509 g/mol. The number of halogens is 3. The number of para-hydroxylation sites is 1. The topological polar surface area (TPSA) is 29.5 Å².